The van der Waals surface area contributed by atoms with Gasteiger partial charge in [0, 0.05) is 0 Å². The summed E-state index contributed by atoms with van der Waals surface area (Å²) in [7, 11) is 0. The topological polar surface area (TPSA) is 46.2 Å². The van der Waals surface area contributed by atoms with E-state index >= 15 is 0 Å². The van der Waals surface area contributed by atoms with Crippen LogP contribution < -0.4 is 5.32 Å². The summed E-state index contributed by atoms with van der Waals surface area (Å²) in [5.41, 5.74) is 0.349. The van der Waals surface area contributed by atoms with Crippen LogP contribution >= 0.6 is 0 Å². The molecule has 2 amide bonds. The molecule has 13 heavy (non-hydrogen) atoms. The van der Waals surface area contributed by atoms with E-state index in [1.807, 2.05) is 5.32 Å². The number of imide groups is 1. The molecular formula is C9H6FNO2. The van der Waals surface area contributed by atoms with Gasteiger partial charge in [-0.1, -0.05) is 6.07 Å². The second-order valence-electron chi connectivity index (χ2n) is 2.90. The maximum absolute atomic E-state index is 13.3. The Hall–Kier alpha value is -1.71. The molecule has 0 atom stereocenters. The van der Waals surface area contributed by atoms with Gasteiger partial charge < -0.3 is 0 Å². The van der Waals surface area contributed by atoms with Crippen molar-refractivity contribution in [3.05, 3.63) is 34.6 Å². The molecule has 0 unspecified atom stereocenters. The zero-order valence-electron chi connectivity index (χ0n) is 6.85. The number of amides is 2. The quantitative estimate of drug-likeness (QED) is 0.604. The van der Waals surface area contributed by atoms with Crippen molar-refractivity contribution in [2.24, 2.45) is 0 Å². The van der Waals surface area contributed by atoms with Crippen molar-refractivity contribution in [2.45, 2.75) is 6.92 Å². The van der Waals surface area contributed by atoms with E-state index in [0.717, 1.165) is 0 Å². The number of halogens is 1. The Labute approximate surface area is 73.6 Å². The summed E-state index contributed by atoms with van der Waals surface area (Å²) >= 11 is 0. The van der Waals surface area contributed by atoms with Crippen LogP contribution in [0.1, 0.15) is 26.3 Å². The van der Waals surface area contributed by atoms with Gasteiger partial charge in [-0.25, -0.2) is 4.39 Å². The lowest BCUT2D eigenvalue weighted by atomic mass is 10.1. The molecule has 0 aliphatic carbocycles. The molecule has 1 aliphatic heterocycles. The summed E-state index contributed by atoms with van der Waals surface area (Å²) < 4.78 is 13.3. The molecule has 66 valence electrons. The zero-order valence-corrected chi connectivity index (χ0v) is 6.85. The van der Waals surface area contributed by atoms with E-state index in [1.54, 1.807) is 6.92 Å². The van der Waals surface area contributed by atoms with Crippen molar-refractivity contribution in [3.63, 3.8) is 0 Å². The van der Waals surface area contributed by atoms with Gasteiger partial charge in [-0.3, -0.25) is 14.9 Å². The van der Waals surface area contributed by atoms with E-state index in [-0.39, 0.29) is 11.1 Å². The molecule has 4 heteroatoms. The first kappa shape index (κ1) is 7.91. The van der Waals surface area contributed by atoms with E-state index in [4.69, 9.17) is 0 Å². The normalized spacial score (nSPS) is 14.3. The number of nitrogens with one attached hydrogen (secondary N) is 1. The van der Waals surface area contributed by atoms with Crippen molar-refractivity contribution in [3.8, 4) is 0 Å². The molecule has 0 fully saturated rings. The van der Waals surface area contributed by atoms with Crippen LogP contribution in [0.15, 0.2) is 12.1 Å². The highest BCUT2D eigenvalue weighted by molar-refractivity contribution is 6.21. The third-order valence-corrected chi connectivity index (χ3v) is 2.03. The summed E-state index contributed by atoms with van der Waals surface area (Å²) in [6.07, 6.45) is 0. The van der Waals surface area contributed by atoms with Crippen molar-refractivity contribution < 1.29 is 14.0 Å². The minimum atomic E-state index is -0.652. The Balaban J connectivity index is 2.78. The van der Waals surface area contributed by atoms with Gasteiger partial charge in [0.1, 0.15) is 5.82 Å². The highest BCUT2D eigenvalue weighted by atomic mass is 19.1. The first-order valence-corrected chi connectivity index (χ1v) is 3.76. The van der Waals surface area contributed by atoms with E-state index < -0.39 is 17.6 Å². The largest absolute Gasteiger partial charge is 0.288 e. The fourth-order valence-electron chi connectivity index (χ4n) is 1.32. The summed E-state index contributed by atoms with van der Waals surface area (Å²) in [6.45, 7) is 1.55. The number of benzene rings is 1. The number of hydrogen-bond donors (Lipinski definition) is 1. The molecule has 3 nitrogen and oxygen atoms in total. The summed E-state index contributed by atoms with van der Waals surface area (Å²) in [5, 5.41) is 2.03. The van der Waals surface area contributed by atoms with Crippen molar-refractivity contribution >= 4 is 11.8 Å². The van der Waals surface area contributed by atoms with Gasteiger partial charge in [-0.15, -0.1) is 0 Å². The van der Waals surface area contributed by atoms with Gasteiger partial charge in [-0.2, -0.15) is 0 Å². The Morgan fingerprint density at radius 1 is 1.23 bits per heavy atom. The van der Waals surface area contributed by atoms with Gasteiger partial charge in [0.15, 0.2) is 0 Å². The molecule has 0 saturated heterocycles. The van der Waals surface area contributed by atoms with E-state index in [2.05, 4.69) is 0 Å². The van der Waals surface area contributed by atoms with Crippen LogP contribution in [0.5, 0.6) is 0 Å². The molecule has 0 spiro atoms. The molecule has 1 aromatic rings. The number of hydrogen-bond acceptors (Lipinski definition) is 2. The molecule has 0 bridgehead atoms. The summed E-state index contributed by atoms with van der Waals surface area (Å²) in [5.74, 6) is -1.79. The Kier molecular flexibility index (Phi) is 1.45. The molecule has 0 radical (unpaired) electrons. The minimum absolute atomic E-state index is 0.119. The van der Waals surface area contributed by atoms with Gasteiger partial charge in [0.2, 0.25) is 0 Å². The Morgan fingerprint density at radius 3 is 2.62 bits per heavy atom. The first-order valence-electron chi connectivity index (χ1n) is 3.76. The van der Waals surface area contributed by atoms with Gasteiger partial charge >= 0.3 is 0 Å². The van der Waals surface area contributed by atoms with Crippen LogP contribution in [0.25, 0.3) is 0 Å². The zero-order chi connectivity index (χ0) is 9.59. The SMILES string of the molecule is Cc1ccc2c(c1F)C(=O)NC2=O. The number of fused-ring (bicyclic) bond motifs is 1. The molecule has 0 aromatic heterocycles. The van der Waals surface area contributed by atoms with Crippen LogP contribution in [-0.4, -0.2) is 11.8 Å². The first-order chi connectivity index (χ1) is 6.11. The number of aryl methyl sites for hydroxylation is 1. The van der Waals surface area contributed by atoms with Gasteiger partial charge in [0.25, 0.3) is 11.8 Å². The van der Waals surface area contributed by atoms with Crippen LogP contribution in [-0.2, 0) is 0 Å². The third kappa shape index (κ3) is 0.950. The van der Waals surface area contributed by atoms with Crippen LogP contribution in [0.3, 0.4) is 0 Å². The van der Waals surface area contributed by atoms with Crippen LogP contribution in [0.2, 0.25) is 0 Å². The smallest absolute Gasteiger partial charge is 0.261 e. The number of carbonyl (C=O) groups is 2. The van der Waals surface area contributed by atoms with Gasteiger partial charge in [0.05, 0.1) is 11.1 Å². The fraction of sp³-hybridized carbons (Fsp3) is 0.111. The molecular weight excluding hydrogens is 173 g/mol. The lowest BCUT2D eigenvalue weighted by Crippen LogP contribution is -2.20. The number of carbonyl (C=O) groups excluding carboxylic acids is 2. The van der Waals surface area contributed by atoms with Crippen molar-refractivity contribution in [2.75, 3.05) is 0 Å². The molecule has 1 aromatic carbocycles. The monoisotopic (exact) mass is 179 g/mol. The molecule has 1 N–H and O–H groups in total. The summed E-state index contributed by atoms with van der Waals surface area (Å²) in [4.78, 5) is 22.1. The lowest BCUT2D eigenvalue weighted by Gasteiger charge is -1.98. The van der Waals surface area contributed by atoms with Gasteiger partial charge in [-0.05, 0) is 18.6 Å². The van der Waals surface area contributed by atoms with Crippen LogP contribution in [0.4, 0.5) is 4.39 Å². The standard InChI is InChI=1S/C9H6FNO2/c1-4-2-3-5-6(7(4)10)9(13)11-8(5)12/h2-3H,1H3,(H,11,12,13). The highest BCUT2D eigenvalue weighted by Gasteiger charge is 2.30. The highest BCUT2D eigenvalue weighted by Crippen LogP contribution is 2.21. The maximum Gasteiger partial charge on any atom is 0.261 e. The van der Waals surface area contributed by atoms with Crippen molar-refractivity contribution in [1.82, 2.24) is 5.32 Å². The second kappa shape index (κ2) is 2.39. The lowest BCUT2D eigenvalue weighted by molar-refractivity contribution is 0.0878. The van der Waals surface area contributed by atoms with E-state index in [9.17, 15) is 14.0 Å². The average molecular weight is 179 g/mol. The second-order valence-corrected chi connectivity index (χ2v) is 2.90. The molecule has 1 heterocycles. The predicted octanol–water partition coefficient (Wildman–Crippen LogP) is 1.02. The van der Waals surface area contributed by atoms with Crippen molar-refractivity contribution in [1.29, 1.82) is 0 Å². The third-order valence-electron chi connectivity index (χ3n) is 2.03. The predicted molar refractivity (Wildman–Crippen MR) is 42.9 cm³/mol. The Bertz CT molecular complexity index is 426. The Morgan fingerprint density at radius 2 is 1.92 bits per heavy atom. The van der Waals surface area contributed by atoms with E-state index in [0.29, 0.717) is 5.56 Å². The number of rotatable bonds is 0. The molecule has 0 saturated carbocycles. The van der Waals surface area contributed by atoms with Crippen LogP contribution in [0, 0.1) is 12.7 Å². The minimum Gasteiger partial charge on any atom is -0.288 e. The maximum atomic E-state index is 13.3. The van der Waals surface area contributed by atoms with E-state index in [1.165, 1.54) is 12.1 Å². The fourth-order valence-corrected chi connectivity index (χ4v) is 1.32. The molecule has 2 rings (SSSR count). The molecule has 1 aliphatic rings. The average Bonchev–Trinajstić information content (AvgIpc) is 2.35. The summed E-state index contributed by atoms with van der Waals surface area (Å²) in [6, 6.07) is 2.93.